The Morgan fingerprint density at radius 2 is 1.95 bits per heavy atom. The van der Waals surface area contributed by atoms with E-state index < -0.39 is 26.9 Å². The molecule has 2 atom stereocenters. The summed E-state index contributed by atoms with van der Waals surface area (Å²) in [5.41, 5.74) is 0.389. The zero-order chi connectivity index (χ0) is 14.9. The van der Waals surface area contributed by atoms with E-state index in [0.29, 0.717) is 18.4 Å². The molecule has 1 aromatic rings. The molecule has 0 bridgehead atoms. The smallest absolute Gasteiger partial charge is 0.212 e. The van der Waals surface area contributed by atoms with Gasteiger partial charge in [0.15, 0.2) is 0 Å². The lowest BCUT2D eigenvalue weighted by Crippen LogP contribution is -2.40. The SMILES string of the molecule is CC(C)S(=O)(=O)N[C@H]1CCC[C@H]1c1ccc(F)cc1F. The lowest BCUT2D eigenvalue weighted by atomic mass is 9.94. The van der Waals surface area contributed by atoms with E-state index in [2.05, 4.69) is 4.72 Å². The van der Waals surface area contributed by atoms with Crippen molar-refractivity contribution in [3.63, 3.8) is 0 Å². The van der Waals surface area contributed by atoms with Crippen LogP contribution in [0, 0.1) is 11.6 Å². The van der Waals surface area contributed by atoms with Crippen molar-refractivity contribution in [3.8, 4) is 0 Å². The van der Waals surface area contributed by atoms with E-state index in [0.717, 1.165) is 12.5 Å². The van der Waals surface area contributed by atoms with E-state index in [9.17, 15) is 17.2 Å². The maximum absolute atomic E-state index is 13.8. The quantitative estimate of drug-likeness (QED) is 0.929. The van der Waals surface area contributed by atoms with Crippen LogP contribution in [0.2, 0.25) is 0 Å². The van der Waals surface area contributed by atoms with Crippen molar-refractivity contribution < 1.29 is 17.2 Å². The summed E-state index contributed by atoms with van der Waals surface area (Å²) in [5.74, 6) is -1.46. The number of benzene rings is 1. The van der Waals surface area contributed by atoms with Crippen LogP contribution in [0.15, 0.2) is 18.2 Å². The summed E-state index contributed by atoms with van der Waals surface area (Å²) in [5, 5.41) is -0.526. The first-order chi connectivity index (χ1) is 9.31. The molecule has 0 aromatic heterocycles. The Labute approximate surface area is 118 Å². The van der Waals surface area contributed by atoms with Gasteiger partial charge in [-0.25, -0.2) is 21.9 Å². The second-order valence-electron chi connectivity index (χ2n) is 5.52. The highest BCUT2D eigenvalue weighted by atomic mass is 32.2. The van der Waals surface area contributed by atoms with E-state index in [4.69, 9.17) is 0 Å². The number of halogens is 2. The molecule has 3 nitrogen and oxygen atoms in total. The predicted octanol–water partition coefficient (Wildman–Crippen LogP) is 2.93. The number of nitrogens with one attached hydrogen (secondary N) is 1. The Bertz CT molecular complexity index is 587. The average Bonchev–Trinajstić information content (AvgIpc) is 2.76. The van der Waals surface area contributed by atoms with Crippen LogP contribution >= 0.6 is 0 Å². The molecule has 20 heavy (non-hydrogen) atoms. The Hall–Kier alpha value is -1.01. The molecule has 112 valence electrons. The van der Waals surface area contributed by atoms with Crippen LogP contribution in [0.25, 0.3) is 0 Å². The molecule has 1 saturated carbocycles. The normalized spacial score (nSPS) is 23.4. The molecular formula is C14H19F2NO2S. The van der Waals surface area contributed by atoms with Crippen molar-refractivity contribution in [2.24, 2.45) is 0 Å². The summed E-state index contributed by atoms with van der Waals surface area (Å²) in [4.78, 5) is 0. The summed E-state index contributed by atoms with van der Waals surface area (Å²) in [6, 6.07) is 3.16. The van der Waals surface area contributed by atoms with Crippen LogP contribution in [-0.4, -0.2) is 19.7 Å². The van der Waals surface area contributed by atoms with Crippen molar-refractivity contribution in [1.82, 2.24) is 4.72 Å². The molecule has 0 amide bonds. The van der Waals surface area contributed by atoms with E-state index in [1.807, 2.05) is 0 Å². The Morgan fingerprint density at radius 1 is 1.25 bits per heavy atom. The first kappa shape index (κ1) is 15.4. The Morgan fingerprint density at radius 3 is 2.55 bits per heavy atom. The van der Waals surface area contributed by atoms with Gasteiger partial charge in [0, 0.05) is 18.0 Å². The summed E-state index contributed by atoms with van der Waals surface area (Å²) >= 11 is 0. The van der Waals surface area contributed by atoms with Gasteiger partial charge in [-0.1, -0.05) is 12.5 Å². The fraction of sp³-hybridized carbons (Fsp3) is 0.571. The van der Waals surface area contributed by atoms with Gasteiger partial charge in [0.2, 0.25) is 10.0 Å². The first-order valence-electron chi connectivity index (χ1n) is 6.77. The van der Waals surface area contributed by atoms with Gasteiger partial charge in [0.25, 0.3) is 0 Å². The molecule has 0 radical (unpaired) electrons. The van der Waals surface area contributed by atoms with Crippen molar-refractivity contribution in [3.05, 3.63) is 35.4 Å². The van der Waals surface area contributed by atoms with Crippen LogP contribution in [-0.2, 0) is 10.0 Å². The number of hydrogen-bond acceptors (Lipinski definition) is 2. The van der Waals surface area contributed by atoms with Gasteiger partial charge < -0.3 is 0 Å². The van der Waals surface area contributed by atoms with E-state index >= 15 is 0 Å². The molecule has 0 aliphatic heterocycles. The van der Waals surface area contributed by atoms with Crippen LogP contribution in [0.1, 0.15) is 44.6 Å². The fourth-order valence-corrected chi connectivity index (χ4v) is 3.60. The van der Waals surface area contributed by atoms with Gasteiger partial charge in [-0.2, -0.15) is 0 Å². The minimum Gasteiger partial charge on any atom is -0.212 e. The van der Waals surface area contributed by atoms with E-state index in [-0.39, 0.29) is 12.0 Å². The molecule has 0 spiro atoms. The fourth-order valence-electron chi connectivity index (χ4n) is 2.62. The molecule has 1 N–H and O–H groups in total. The number of rotatable bonds is 4. The lowest BCUT2D eigenvalue weighted by Gasteiger charge is -2.23. The first-order valence-corrected chi connectivity index (χ1v) is 8.32. The molecule has 0 heterocycles. The maximum Gasteiger partial charge on any atom is 0.214 e. The predicted molar refractivity (Wildman–Crippen MR) is 73.9 cm³/mol. The monoisotopic (exact) mass is 303 g/mol. The third-order valence-electron chi connectivity index (χ3n) is 3.81. The highest BCUT2D eigenvalue weighted by Gasteiger charge is 2.34. The van der Waals surface area contributed by atoms with Crippen LogP contribution in [0.3, 0.4) is 0 Å². The topological polar surface area (TPSA) is 46.2 Å². The molecule has 6 heteroatoms. The van der Waals surface area contributed by atoms with Crippen molar-refractivity contribution in [2.45, 2.75) is 50.3 Å². The summed E-state index contributed by atoms with van der Waals surface area (Å²) in [7, 11) is -3.39. The van der Waals surface area contributed by atoms with Gasteiger partial charge in [0.1, 0.15) is 11.6 Å². The summed E-state index contributed by atoms with van der Waals surface area (Å²) in [6.45, 7) is 3.20. The van der Waals surface area contributed by atoms with Crippen molar-refractivity contribution >= 4 is 10.0 Å². The second-order valence-corrected chi connectivity index (χ2v) is 7.79. The second kappa shape index (κ2) is 5.77. The maximum atomic E-state index is 13.8. The molecule has 0 unspecified atom stereocenters. The van der Waals surface area contributed by atoms with Gasteiger partial charge in [-0.05, 0) is 38.3 Å². The number of sulfonamides is 1. The molecule has 1 aromatic carbocycles. The molecular weight excluding hydrogens is 284 g/mol. The molecule has 0 saturated heterocycles. The lowest BCUT2D eigenvalue weighted by molar-refractivity contribution is 0.498. The van der Waals surface area contributed by atoms with Gasteiger partial charge in [-0.15, -0.1) is 0 Å². The molecule has 2 rings (SSSR count). The van der Waals surface area contributed by atoms with Gasteiger partial charge in [-0.3, -0.25) is 0 Å². The minimum atomic E-state index is -3.39. The Balaban J connectivity index is 2.23. The average molecular weight is 303 g/mol. The largest absolute Gasteiger partial charge is 0.214 e. The van der Waals surface area contributed by atoms with E-state index in [1.165, 1.54) is 12.1 Å². The standard InChI is InChI=1S/C14H19F2NO2S/c1-9(2)20(18,19)17-14-5-3-4-12(14)11-7-6-10(15)8-13(11)16/h6-9,12,14,17H,3-5H2,1-2H3/t12-,14-/m0/s1. The minimum absolute atomic E-state index is 0.232. The zero-order valence-electron chi connectivity index (χ0n) is 11.6. The third kappa shape index (κ3) is 3.17. The van der Waals surface area contributed by atoms with Gasteiger partial charge >= 0.3 is 0 Å². The Kier molecular flexibility index (Phi) is 4.44. The molecule has 1 aliphatic rings. The number of hydrogen-bond donors (Lipinski definition) is 1. The van der Waals surface area contributed by atoms with Crippen LogP contribution in [0.5, 0.6) is 0 Å². The van der Waals surface area contributed by atoms with E-state index in [1.54, 1.807) is 13.8 Å². The van der Waals surface area contributed by atoms with Crippen LogP contribution in [0.4, 0.5) is 8.78 Å². The highest BCUT2D eigenvalue weighted by Crippen LogP contribution is 2.36. The summed E-state index contributed by atoms with van der Waals surface area (Å²) < 4.78 is 53.3. The van der Waals surface area contributed by atoms with Crippen LogP contribution < -0.4 is 4.72 Å². The zero-order valence-corrected chi connectivity index (χ0v) is 12.4. The van der Waals surface area contributed by atoms with Crippen molar-refractivity contribution in [1.29, 1.82) is 0 Å². The van der Waals surface area contributed by atoms with Gasteiger partial charge in [0.05, 0.1) is 5.25 Å². The summed E-state index contributed by atoms with van der Waals surface area (Å²) in [6.07, 6.45) is 2.20. The van der Waals surface area contributed by atoms with Crippen molar-refractivity contribution in [2.75, 3.05) is 0 Å². The highest BCUT2D eigenvalue weighted by molar-refractivity contribution is 7.90. The molecule has 1 aliphatic carbocycles. The third-order valence-corrected chi connectivity index (χ3v) is 5.69. The molecule has 1 fully saturated rings.